The number of nitro groups is 1. The van der Waals surface area contributed by atoms with E-state index >= 15 is 0 Å². The van der Waals surface area contributed by atoms with E-state index in [1.807, 2.05) is 0 Å². The van der Waals surface area contributed by atoms with E-state index in [1.165, 1.54) is 12.1 Å². The van der Waals surface area contributed by atoms with Gasteiger partial charge in [0.15, 0.2) is 11.6 Å². The molecule has 126 valence electrons. The Kier molecular flexibility index (Phi) is 3.58. The fourth-order valence-electron chi connectivity index (χ4n) is 3.10. The van der Waals surface area contributed by atoms with Crippen LogP contribution in [0, 0.1) is 10.1 Å². The Balaban J connectivity index is 1.81. The smallest absolute Gasteiger partial charge is 0.271 e. The molecule has 0 spiro atoms. The molecule has 1 N–H and O–H groups in total. The molecule has 0 radical (unpaired) electrons. The quantitative estimate of drug-likeness (QED) is 0.446. The molecular weight excluding hydrogens is 332 g/mol. The van der Waals surface area contributed by atoms with E-state index in [0.29, 0.717) is 28.1 Å². The fourth-order valence-corrected chi connectivity index (χ4v) is 3.10. The van der Waals surface area contributed by atoms with Crippen molar-refractivity contribution in [2.45, 2.75) is 0 Å². The number of fused-ring (bicyclic) bond motifs is 2. The van der Waals surface area contributed by atoms with Gasteiger partial charge in [0.1, 0.15) is 0 Å². The van der Waals surface area contributed by atoms with Crippen molar-refractivity contribution >= 4 is 28.6 Å². The minimum absolute atomic E-state index is 0.0625. The van der Waals surface area contributed by atoms with Gasteiger partial charge in [-0.15, -0.1) is 0 Å². The number of nitrogens with one attached hydrogen (secondary N) is 1. The number of benzene rings is 3. The Morgan fingerprint density at radius 3 is 2.15 bits per heavy atom. The van der Waals surface area contributed by atoms with Gasteiger partial charge in [0.2, 0.25) is 0 Å². The third-order valence-corrected chi connectivity index (χ3v) is 4.29. The van der Waals surface area contributed by atoms with E-state index in [2.05, 4.69) is 5.32 Å². The molecular formula is C20H12N2O4. The third-order valence-electron chi connectivity index (χ3n) is 4.29. The molecule has 1 aliphatic rings. The van der Waals surface area contributed by atoms with Crippen LogP contribution in [-0.4, -0.2) is 16.5 Å². The number of carbonyl (C=O) groups excluding carboxylic acids is 2. The number of rotatable bonds is 3. The molecule has 0 saturated heterocycles. The van der Waals surface area contributed by atoms with E-state index in [9.17, 15) is 19.7 Å². The van der Waals surface area contributed by atoms with E-state index in [1.54, 1.807) is 54.6 Å². The Hall–Kier alpha value is -3.80. The molecule has 0 fully saturated rings. The lowest BCUT2D eigenvalue weighted by molar-refractivity contribution is -0.384. The van der Waals surface area contributed by atoms with Crippen LogP contribution in [0.25, 0.3) is 0 Å². The first-order valence-corrected chi connectivity index (χ1v) is 7.89. The highest BCUT2D eigenvalue weighted by Crippen LogP contribution is 2.33. The molecule has 0 atom stereocenters. The van der Waals surface area contributed by atoms with Gasteiger partial charge < -0.3 is 5.32 Å². The van der Waals surface area contributed by atoms with Crippen molar-refractivity contribution in [3.63, 3.8) is 0 Å². The molecule has 3 aromatic carbocycles. The first-order chi connectivity index (χ1) is 12.6. The fraction of sp³-hybridized carbons (Fsp3) is 0. The topological polar surface area (TPSA) is 89.3 Å². The van der Waals surface area contributed by atoms with Gasteiger partial charge in [-0.3, -0.25) is 19.7 Å². The molecule has 0 heterocycles. The van der Waals surface area contributed by atoms with Crippen LogP contribution < -0.4 is 5.32 Å². The number of non-ortho nitro benzene ring substituents is 1. The molecule has 0 aliphatic heterocycles. The van der Waals surface area contributed by atoms with Crippen LogP contribution >= 0.6 is 0 Å². The van der Waals surface area contributed by atoms with Crippen LogP contribution in [0.3, 0.4) is 0 Å². The number of anilines is 2. The largest absolute Gasteiger partial charge is 0.355 e. The van der Waals surface area contributed by atoms with Gasteiger partial charge in [-0.2, -0.15) is 0 Å². The van der Waals surface area contributed by atoms with Crippen LogP contribution in [0.15, 0.2) is 66.7 Å². The molecule has 1 aliphatic carbocycles. The molecule has 3 aromatic rings. The zero-order valence-electron chi connectivity index (χ0n) is 13.4. The van der Waals surface area contributed by atoms with Crippen molar-refractivity contribution in [1.29, 1.82) is 0 Å². The Morgan fingerprint density at radius 1 is 0.769 bits per heavy atom. The molecule has 0 saturated carbocycles. The van der Waals surface area contributed by atoms with Crippen LogP contribution in [0.4, 0.5) is 17.1 Å². The number of hydrogen-bond acceptors (Lipinski definition) is 5. The first-order valence-electron chi connectivity index (χ1n) is 7.89. The first kappa shape index (κ1) is 15.7. The lowest BCUT2D eigenvalue weighted by atomic mass is 9.83. The highest BCUT2D eigenvalue weighted by atomic mass is 16.6. The average Bonchev–Trinajstić information content (AvgIpc) is 2.66. The van der Waals surface area contributed by atoms with Gasteiger partial charge in [0.25, 0.3) is 5.69 Å². The van der Waals surface area contributed by atoms with Crippen molar-refractivity contribution in [2.24, 2.45) is 0 Å². The van der Waals surface area contributed by atoms with Crippen LogP contribution in [0.1, 0.15) is 31.8 Å². The summed E-state index contributed by atoms with van der Waals surface area (Å²) >= 11 is 0. The summed E-state index contributed by atoms with van der Waals surface area (Å²) in [4.78, 5) is 36.1. The summed E-state index contributed by atoms with van der Waals surface area (Å²) < 4.78 is 0. The SMILES string of the molecule is O=C1c2ccccc2C(=O)c2c(Nc3cccc([N+](=O)[O-])c3)cccc21. The minimum Gasteiger partial charge on any atom is -0.355 e. The standard InChI is InChI=1S/C20H12N2O4/c23-19-14-7-1-2-8-15(14)20(24)18-16(19)9-4-10-17(18)21-12-5-3-6-13(11-12)22(25)26/h1-11,21H. The van der Waals surface area contributed by atoms with E-state index in [4.69, 9.17) is 0 Å². The summed E-state index contributed by atoms with van der Waals surface area (Å²) in [5, 5.41) is 14.0. The van der Waals surface area contributed by atoms with Gasteiger partial charge in [-0.05, 0) is 12.1 Å². The lowest BCUT2D eigenvalue weighted by Crippen LogP contribution is -2.22. The molecule has 0 bridgehead atoms. The predicted molar refractivity (Wildman–Crippen MR) is 96.1 cm³/mol. The maximum Gasteiger partial charge on any atom is 0.271 e. The molecule has 4 rings (SSSR count). The number of nitro benzene ring substituents is 1. The Labute approximate surface area is 148 Å². The highest BCUT2D eigenvalue weighted by molar-refractivity contribution is 6.30. The van der Waals surface area contributed by atoms with Crippen LogP contribution in [0.2, 0.25) is 0 Å². The molecule has 0 unspecified atom stereocenters. The monoisotopic (exact) mass is 344 g/mol. The zero-order chi connectivity index (χ0) is 18.3. The van der Waals surface area contributed by atoms with Crippen LogP contribution in [0.5, 0.6) is 0 Å². The van der Waals surface area contributed by atoms with Gasteiger partial charge in [0, 0.05) is 34.5 Å². The van der Waals surface area contributed by atoms with Crippen molar-refractivity contribution in [3.05, 3.63) is 99.1 Å². The Morgan fingerprint density at radius 2 is 1.42 bits per heavy atom. The highest BCUT2D eigenvalue weighted by Gasteiger charge is 2.31. The maximum atomic E-state index is 12.9. The normalized spacial score (nSPS) is 12.3. The number of ketones is 2. The molecule has 26 heavy (non-hydrogen) atoms. The summed E-state index contributed by atoms with van der Waals surface area (Å²) in [5.74, 6) is -0.457. The molecule has 6 nitrogen and oxygen atoms in total. The van der Waals surface area contributed by atoms with Crippen LogP contribution in [-0.2, 0) is 0 Å². The summed E-state index contributed by atoms with van der Waals surface area (Å²) in [6, 6.07) is 17.7. The summed E-state index contributed by atoms with van der Waals surface area (Å²) in [7, 11) is 0. The van der Waals surface area contributed by atoms with Gasteiger partial charge in [-0.1, -0.05) is 42.5 Å². The number of carbonyl (C=O) groups is 2. The summed E-state index contributed by atoms with van der Waals surface area (Å²) in [5.41, 5.74) is 2.19. The second-order valence-electron chi connectivity index (χ2n) is 5.86. The second-order valence-corrected chi connectivity index (χ2v) is 5.86. The summed E-state index contributed by atoms with van der Waals surface area (Å²) in [6.45, 7) is 0. The van der Waals surface area contributed by atoms with Gasteiger partial charge in [0.05, 0.1) is 16.2 Å². The van der Waals surface area contributed by atoms with Crippen molar-refractivity contribution in [1.82, 2.24) is 0 Å². The molecule has 0 amide bonds. The number of hydrogen-bond donors (Lipinski definition) is 1. The van der Waals surface area contributed by atoms with Gasteiger partial charge in [-0.25, -0.2) is 0 Å². The minimum atomic E-state index is -0.490. The molecule has 0 aromatic heterocycles. The molecule has 6 heteroatoms. The Bertz CT molecular complexity index is 1090. The predicted octanol–water partition coefficient (Wildman–Crippen LogP) is 4.11. The van der Waals surface area contributed by atoms with E-state index in [-0.39, 0.29) is 22.8 Å². The van der Waals surface area contributed by atoms with E-state index < -0.39 is 4.92 Å². The number of nitrogens with zero attached hydrogens (tertiary/aromatic N) is 1. The zero-order valence-corrected chi connectivity index (χ0v) is 13.4. The average molecular weight is 344 g/mol. The maximum absolute atomic E-state index is 12.9. The third kappa shape index (κ3) is 2.44. The van der Waals surface area contributed by atoms with E-state index in [0.717, 1.165) is 0 Å². The van der Waals surface area contributed by atoms with Gasteiger partial charge >= 0.3 is 0 Å². The lowest BCUT2D eigenvalue weighted by Gasteiger charge is -2.20. The van der Waals surface area contributed by atoms with Crippen molar-refractivity contribution in [3.8, 4) is 0 Å². The summed E-state index contributed by atoms with van der Waals surface area (Å²) in [6.07, 6.45) is 0. The second kappa shape index (κ2) is 5.93. The van der Waals surface area contributed by atoms with Crippen molar-refractivity contribution < 1.29 is 14.5 Å². The van der Waals surface area contributed by atoms with Crippen molar-refractivity contribution in [2.75, 3.05) is 5.32 Å².